The first-order valence-electron chi connectivity index (χ1n) is 3.92. The Labute approximate surface area is 90.5 Å². The van der Waals surface area contributed by atoms with Gasteiger partial charge in [0.2, 0.25) is 0 Å². The maximum Gasteiger partial charge on any atom is 0.150 e. The van der Waals surface area contributed by atoms with E-state index < -0.39 is 0 Å². The summed E-state index contributed by atoms with van der Waals surface area (Å²) in [6, 6.07) is 4.92. The highest BCUT2D eigenvalue weighted by Gasteiger charge is 2.08. The van der Waals surface area contributed by atoms with Gasteiger partial charge in [-0.05, 0) is 18.2 Å². The van der Waals surface area contributed by atoms with Gasteiger partial charge in [-0.3, -0.25) is 9.78 Å². The highest BCUT2D eigenvalue weighted by atomic mass is 35.5. The van der Waals surface area contributed by atoms with Gasteiger partial charge in [-0.15, -0.1) is 0 Å². The van der Waals surface area contributed by atoms with Crippen LogP contribution in [-0.2, 0) is 0 Å². The molecule has 0 bridgehead atoms. The van der Waals surface area contributed by atoms with E-state index >= 15 is 0 Å². The number of carbonyl (C=O) groups is 1. The normalized spacial score (nSPS) is 10.4. The Morgan fingerprint density at radius 3 is 2.57 bits per heavy atom. The number of rotatable bonds is 1. The van der Waals surface area contributed by atoms with Crippen molar-refractivity contribution in [3.05, 3.63) is 40.0 Å². The Bertz CT molecular complexity index is 511. The molecular weight excluding hydrogens is 221 g/mol. The zero-order valence-electron chi connectivity index (χ0n) is 7.00. The molecule has 0 spiro atoms. The smallest absolute Gasteiger partial charge is 0.150 e. The lowest BCUT2D eigenvalue weighted by molar-refractivity contribution is 0.112. The standard InChI is InChI=1S/C10H5Cl2NO/c11-7-1-2-8(12)10-9(7)6(5-14)3-4-13-10/h1-5H. The first-order chi connectivity index (χ1) is 6.74. The maximum absolute atomic E-state index is 10.8. The van der Waals surface area contributed by atoms with Crippen molar-refractivity contribution in [2.45, 2.75) is 0 Å². The highest BCUT2D eigenvalue weighted by Crippen LogP contribution is 2.29. The van der Waals surface area contributed by atoms with Crippen LogP contribution in [0.15, 0.2) is 24.4 Å². The first-order valence-corrected chi connectivity index (χ1v) is 4.67. The van der Waals surface area contributed by atoms with Gasteiger partial charge in [0.05, 0.1) is 15.6 Å². The van der Waals surface area contributed by atoms with Crippen molar-refractivity contribution < 1.29 is 4.79 Å². The van der Waals surface area contributed by atoms with Crippen molar-refractivity contribution in [2.75, 3.05) is 0 Å². The lowest BCUT2D eigenvalue weighted by Crippen LogP contribution is -1.87. The van der Waals surface area contributed by atoms with E-state index in [4.69, 9.17) is 23.2 Å². The van der Waals surface area contributed by atoms with Crippen molar-refractivity contribution in [1.82, 2.24) is 4.98 Å². The van der Waals surface area contributed by atoms with E-state index in [1.807, 2.05) is 0 Å². The minimum Gasteiger partial charge on any atom is -0.298 e. The maximum atomic E-state index is 10.8. The molecule has 0 saturated heterocycles. The monoisotopic (exact) mass is 225 g/mol. The van der Waals surface area contributed by atoms with Gasteiger partial charge in [-0.2, -0.15) is 0 Å². The summed E-state index contributed by atoms with van der Waals surface area (Å²) in [5.41, 5.74) is 1.06. The van der Waals surface area contributed by atoms with Gasteiger partial charge in [-0.1, -0.05) is 23.2 Å². The van der Waals surface area contributed by atoms with Crippen LogP contribution in [0.2, 0.25) is 10.0 Å². The molecule has 14 heavy (non-hydrogen) atoms. The fraction of sp³-hybridized carbons (Fsp3) is 0. The Kier molecular flexibility index (Phi) is 2.40. The van der Waals surface area contributed by atoms with E-state index in [0.29, 0.717) is 26.5 Å². The Balaban J connectivity index is 2.99. The lowest BCUT2D eigenvalue weighted by atomic mass is 10.1. The second kappa shape index (κ2) is 3.56. The SMILES string of the molecule is O=Cc1ccnc2c(Cl)ccc(Cl)c12. The van der Waals surface area contributed by atoms with Crippen LogP contribution in [0.1, 0.15) is 10.4 Å². The molecule has 4 heteroatoms. The predicted octanol–water partition coefficient (Wildman–Crippen LogP) is 3.35. The molecule has 0 aliphatic rings. The number of aromatic nitrogens is 1. The molecule has 0 radical (unpaired) electrons. The van der Waals surface area contributed by atoms with Gasteiger partial charge in [0.1, 0.15) is 0 Å². The quantitative estimate of drug-likeness (QED) is 0.698. The average Bonchev–Trinajstić information content (AvgIpc) is 2.23. The van der Waals surface area contributed by atoms with E-state index in [9.17, 15) is 4.79 Å². The van der Waals surface area contributed by atoms with E-state index in [0.717, 1.165) is 6.29 Å². The fourth-order valence-corrected chi connectivity index (χ4v) is 1.78. The van der Waals surface area contributed by atoms with Gasteiger partial charge in [0, 0.05) is 17.1 Å². The molecule has 2 nitrogen and oxygen atoms in total. The number of hydrogen-bond acceptors (Lipinski definition) is 2. The summed E-state index contributed by atoms with van der Waals surface area (Å²) in [5.74, 6) is 0. The summed E-state index contributed by atoms with van der Waals surface area (Å²) in [5, 5.41) is 1.59. The summed E-state index contributed by atoms with van der Waals surface area (Å²) in [4.78, 5) is 14.8. The predicted molar refractivity (Wildman–Crippen MR) is 57.2 cm³/mol. The van der Waals surface area contributed by atoms with E-state index in [1.54, 1.807) is 18.2 Å². The number of hydrogen-bond donors (Lipinski definition) is 0. The van der Waals surface area contributed by atoms with Gasteiger partial charge in [0.25, 0.3) is 0 Å². The molecular formula is C10H5Cl2NO. The molecule has 2 aromatic rings. The number of benzene rings is 1. The summed E-state index contributed by atoms with van der Waals surface area (Å²) in [6.07, 6.45) is 2.28. The second-order valence-corrected chi connectivity index (χ2v) is 3.59. The third kappa shape index (κ3) is 1.37. The largest absolute Gasteiger partial charge is 0.298 e. The second-order valence-electron chi connectivity index (χ2n) is 2.77. The number of nitrogens with zero attached hydrogens (tertiary/aromatic N) is 1. The van der Waals surface area contributed by atoms with E-state index in [1.165, 1.54) is 6.20 Å². The van der Waals surface area contributed by atoms with Crippen LogP contribution in [0.5, 0.6) is 0 Å². The molecule has 0 unspecified atom stereocenters. The Hall–Kier alpha value is -1.12. The van der Waals surface area contributed by atoms with Crippen LogP contribution in [-0.4, -0.2) is 11.3 Å². The zero-order chi connectivity index (χ0) is 10.1. The summed E-state index contributed by atoms with van der Waals surface area (Å²) < 4.78 is 0. The van der Waals surface area contributed by atoms with E-state index in [-0.39, 0.29) is 0 Å². The van der Waals surface area contributed by atoms with Gasteiger partial charge in [-0.25, -0.2) is 0 Å². The molecule has 0 aliphatic heterocycles. The molecule has 0 N–H and O–H groups in total. The Morgan fingerprint density at radius 1 is 1.14 bits per heavy atom. The topological polar surface area (TPSA) is 30.0 Å². The van der Waals surface area contributed by atoms with Crippen LogP contribution in [0.25, 0.3) is 10.9 Å². The minimum absolute atomic E-state index is 0.486. The molecule has 0 atom stereocenters. The number of pyridine rings is 1. The van der Waals surface area contributed by atoms with Crippen LogP contribution < -0.4 is 0 Å². The number of halogens is 2. The Morgan fingerprint density at radius 2 is 1.86 bits per heavy atom. The van der Waals surface area contributed by atoms with Crippen molar-refractivity contribution in [3.63, 3.8) is 0 Å². The number of carbonyl (C=O) groups excluding carboxylic acids is 1. The van der Waals surface area contributed by atoms with Gasteiger partial charge >= 0.3 is 0 Å². The van der Waals surface area contributed by atoms with Crippen LogP contribution in [0, 0.1) is 0 Å². The van der Waals surface area contributed by atoms with E-state index in [2.05, 4.69) is 4.98 Å². The highest BCUT2D eigenvalue weighted by molar-refractivity contribution is 6.40. The van der Waals surface area contributed by atoms with Crippen LogP contribution in [0.3, 0.4) is 0 Å². The summed E-state index contributed by atoms with van der Waals surface area (Å²) >= 11 is 11.9. The molecule has 0 fully saturated rings. The number of aldehydes is 1. The van der Waals surface area contributed by atoms with Gasteiger partial charge < -0.3 is 0 Å². The van der Waals surface area contributed by atoms with Crippen molar-refractivity contribution in [2.24, 2.45) is 0 Å². The summed E-state index contributed by atoms with van der Waals surface area (Å²) in [7, 11) is 0. The molecule has 1 aromatic heterocycles. The molecule has 1 heterocycles. The molecule has 2 rings (SSSR count). The fourth-order valence-electron chi connectivity index (χ4n) is 1.32. The van der Waals surface area contributed by atoms with Crippen LogP contribution >= 0.6 is 23.2 Å². The molecule has 0 amide bonds. The third-order valence-electron chi connectivity index (χ3n) is 1.95. The average molecular weight is 226 g/mol. The third-order valence-corrected chi connectivity index (χ3v) is 2.57. The van der Waals surface area contributed by atoms with Crippen molar-refractivity contribution >= 4 is 40.4 Å². The molecule has 0 aliphatic carbocycles. The van der Waals surface area contributed by atoms with Crippen molar-refractivity contribution in [3.8, 4) is 0 Å². The summed E-state index contributed by atoms with van der Waals surface area (Å²) in [6.45, 7) is 0. The van der Waals surface area contributed by atoms with Crippen LogP contribution in [0.4, 0.5) is 0 Å². The zero-order valence-corrected chi connectivity index (χ0v) is 8.51. The molecule has 1 aromatic carbocycles. The van der Waals surface area contributed by atoms with Gasteiger partial charge in [0.15, 0.2) is 6.29 Å². The minimum atomic E-state index is 0.486. The first kappa shape index (κ1) is 9.44. The van der Waals surface area contributed by atoms with Crippen molar-refractivity contribution in [1.29, 1.82) is 0 Å². The lowest BCUT2D eigenvalue weighted by Gasteiger charge is -2.03. The number of fused-ring (bicyclic) bond motifs is 1. The molecule has 0 saturated carbocycles. The molecule has 70 valence electrons.